The third kappa shape index (κ3) is 2.12. The molecule has 100 valence electrons. The van der Waals surface area contributed by atoms with Crippen LogP contribution in [-0.2, 0) is 0 Å². The van der Waals surface area contributed by atoms with Gasteiger partial charge in [0.2, 0.25) is 0 Å². The highest BCUT2D eigenvalue weighted by Gasteiger charge is 2.41. The molecule has 0 aliphatic carbocycles. The third-order valence-corrected chi connectivity index (χ3v) is 3.17. The fraction of sp³-hybridized carbons (Fsp3) is 0.364. The van der Waals surface area contributed by atoms with Crippen molar-refractivity contribution >= 4 is 17.1 Å². The summed E-state index contributed by atoms with van der Waals surface area (Å²) >= 11 is 5.92. The molecule has 0 N–H and O–H groups in total. The van der Waals surface area contributed by atoms with Gasteiger partial charge < -0.3 is 0 Å². The molecule has 2 heterocycles. The number of nitriles is 1. The van der Waals surface area contributed by atoms with Gasteiger partial charge in [0.15, 0.2) is 0 Å². The smallest absolute Gasteiger partial charge is 0.238 e. The average Bonchev–Trinajstić information content (AvgIpc) is 2.59. The molecule has 0 radical (unpaired) electrons. The molecule has 0 aliphatic heterocycles. The maximum atomic E-state index is 12.9. The number of hydrogen-bond acceptors (Lipinski definition) is 3. The Hall–Kier alpha value is -1.81. The van der Waals surface area contributed by atoms with E-state index in [4.69, 9.17) is 16.9 Å². The largest absolute Gasteiger partial charge is 0.397 e. The number of nitrogens with zero attached hydrogens (tertiary/aromatic N) is 4. The summed E-state index contributed by atoms with van der Waals surface area (Å²) in [6.45, 7) is 2.51. The van der Waals surface area contributed by atoms with Crippen LogP contribution in [0, 0.1) is 18.3 Å². The van der Waals surface area contributed by atoms with Crippen molar-refractivity contribution in [2.75, 3.05) is 0 Å². The van der Waals surface area contributed by atoms with Crippen LogP contribution in [0.5, 0.6) is 0 Å². The number of alkyl halides is 3. The zero-order valence-corrected chi connectivity index (χ0v) is 10.7. The second-order valence-electron chi connectivity index (χ2n) is 4.05. The monoisotopic (exact) mass is 288 g/mol. The van der Waals surface area contributed by atoms with Crippen LogP contribution in [0.15, 0.2) is 6.20 Å². The molecule has 2 rings (SSSR count). The SMILES string of the molecule is Cc1ncc2c(Cl)c(C#N)c(C(C)C(F)(F)F)n2n1. The van der Waals surface area contributed by atoms with Gasteiger partial charge in [-0.05, 0) is 13.8 Å². The lowest BCUT2D eigenvalue weighted by molar-refractivity contribution is -0.147. The van der Waals surface area contributed by atoms with Gasteiger partial charge in [0.05, 0.1) is 28.4 Å². The van der Waals surface area contributed by atoms with E-state index in [1.807, 2.05) is 0 Å². The summed E-state index contributed by atoms with van der Waals surface area (Å²) in [4.78, 5) is 3.87. The lowest BCUT2D eigenvalue weighted by Crippen LogP contribution is -2.21. The number of aryl methyl sites for hydroxylation is 1. The molecule has 0 saturated carbocycles. The highest BCUT2D eigenvalue weighted by molar-refractivity contribution is 6.35. The molecule has 0 saturated heterocycles. The van der Waals surface area contributed by atoms with E-state index in [0.29, 0.717) is 5.82 Å². The van der Waals surface area contributed by atoms with Crippen molar-refractivity contribution in [3.63, 3.8) is 0 Å². The lowest BCUT2D eigenvalue weighted by atomic mass is 10.0. The number of rotatable bonds is 1. The fourth-order valence-corrected chi connectivity index (χ4v) is 2.04. The van der Waals surface area contributed by atoms with Crippen molar-refractivity contribution in [1.29, 1.82) is 5.26 Å². The first kappa shape index (κ1) is 13.6. The minimum atomic E-state index is -4.48. The molecule has 2 aromatic rings. The standard InChI is InChI=1S/C11H8ClF3N4/c1-5(11(13,14)15)10-7(3-16)9(12)8-4-17-6(2)18-19(8)10/h4-5H,1-2H3. The van der Waals surface area contributed by atoms with Crippen LogP contribution < -0.4 is 0 Å². The molecule has 2 aromatic heterocycles. The van der Waals surface area contributed by atoms with Crippen molar-refractivity contribution in [2.45, 2.75) is 25.9 Å². The van der Waals surface area contributed by atoms with Crippen LogP contribution >= 0.6 is 11.6 Å². The molecule has 0 bridgehead atoms. The number of halogens is 4. The second-order valence-corrected chi connectivity index (χ2v) is 4.43. The normalized spacial score (nSPS) is 13.5. The van der Waals surface area contributed by atoms with E-state index in [0.717, 1.165) is 11.4 Å². The molecule has 0 spiro atoms. The number of aromatic nitrogens is 3. The fourth-order valence-electron chi connectivity index (χ4n) is 1.77. The van der Waals surface area contributed by atoms with E-state index in [1.54, 1.807) is 13.0 Å². The predicted molar refractivity (Wildman–Crippen MR) is 61.9 cm³/mol. The Balaban J connectivity index is 2.85. The summed E-state index contributed by atoms with van der Waals surface area (Å²) < 4.78 is 39.7. The first-order valence-corrected chi connectivity index (χ1v) is 5.65. The molecule has 0 aromatic carbocycles. The van der Waals surface area contributed by atoms with Crippen molar-refractivity contribution in [3.8, 4) is 6.07 Å². The number of hydrogen-bond donors (Lipinski definition) is 0. The Kier molecular flexibility index (Phi) is 3.14. The van der Waals surface area contributed by atoms with Gasteiger partial charge in [0.1, 0.15) is 17.4 Å². The maximum Gasteiger partial charge on any atom is 0.397 e. The molecular weight excluding hydrogens is 281 g/mol. The molecule has 1 unspecified atom stereocenters. The topological polar surface area (TPSA) is 54.0 Å². The minimum absolute atomic E-state index is 0.0615. The quantitative estimate of drug-likeness (QED) is 0.809. The van der Waals surface area contributed by atoms with Gasteiger partial charge in [-0.1, -0.05) is 11.6 Å². The molecule has 8 heteroatoms. The van der Waals surface area contributed by atoms with Gasteiger partial charge in [-0.15, -0.1) is 0 Å². The molecule has 0 aliphatic rings. The molecular formula is C11H8ClF3N4. The summed E-state index contributed by atoms with van der Waals surface area (Å²) in [5.41, 5.74) is -0.290. The van der Waals surface area contributed by atoms with E-state index in [2.05, 4.69) is 10.1 Å². The Labute approximate surface area is 111 Å². The van der Waals surface area contributed by atoms with Crippen LogP contribution in [0.25, 0.3) is 5.52 Å². The van der Waals surface area contributed by atoms with Crippen molar-refractivity contribution in [1.82, 2.24) is 14.6 Å². The van der Waals surface area contributed by atoms with Crippen LogP contribution in [-0.4, -0.2) is 20.8 Å². The van der Waals surface area contributed by atoms with Crippen LogP contribution in [0.3, 0.4) is 0 Å². The summed E-state index contributed by atoms with van der Waals surface area (Å²) in [7, 11) is 0. The van der Waals surface area contributed by atoms with Gasteiger partial charge in [0, 0.05) is 0 Å². The van der Waals surface area contributed by atoms with Gasteiger partial charge in [-0.25, -0.2) is 9.50 Å². The van der Waals surface area contributed by atoms with E-state index in [1.165, 1.54) is 6.20 Å². The third-order valence-electron chi connectivity index (χ3n) is 2.79. The minimum Gasteiger partial charge on any atom is -0.238 e. The van der Waals surface area contributed by atoms with E-state index in [9.17, 15) is 13.2 Å². The molecule has 4 nitrogen and oxygen atoms in total. The summed E-state index contributed by atoms with van der Waals surface area (Å²) in [6.07, 6.45) is -3.18. The maximum absolute atomic E-state index is 12.9. The Morgan fingerprint density at radius 3 is 2.63 bits per heavy atom. The van der Waals surface area contributed by atoms with Crippen molar-refractivity contribution in [3.05, 3.63) is 28.3 Å². The van der Waals surface area contributed by atoms with E-state index in [-0.39, 0.29) is 21.8 Å². The zero-order chi connectivity index (χ0) is 14.4. The first-order valence-electron chi connectivity index (χ1n) is 5.28. The predicted octanol–water partition coefficient (Wildman–Crippen LogP) is 3.23. The van der Waals surface area contributed by atoms with E-state index >= 15 is 0 Å². The highest BCUT2D eigenvalue weighted by atomic mass is 35.5. The number of fused-ring (bicyclic) bond motifs is 1. The zero-order valence-electron chi connectivity index (χ0n) is 9.96. The highest BCUT2D eigenvalue weighted by Crippen LogP contribution is 2.39. The summed E-state index contributed by atoms with van der Waals surface area (Å²) in [6, 6.07) is 1.71. The van der Waals surface area contributed by atoms with Crippen molar-refractivity contribution in [2.24, 2.45) is 0 Å². The Morgan fingerprint density at radius 1 is 1.47 bits per heavy atom. The summed E-state index contributed by atoms with van der Waals surface area (Å²) in [5, 5.41) is 12.9. The van der Waals surface area contributed by atoms with Crippen molar-refractivity contribution < 1.29 is 13.2 Å². The van der Waals surface area contributed by atoms with Gasteiger partial charge in [-0.3, -0.25) is 0 Å². The molecule has 1 atom stereocenters. The molecule has 0 fully saturated rings. The second kappa shape index (κ2) is 4.38. The average molecular weight is 289 g/mol. The Morgan fingerprint density at radius 2 is 2.11 bits per heavy atom. The van der Waals surface area contributed by atoms with Gasteiger partial charge in [0.25, 0.3) is 0 Å². The molecule has 0 amide bonds. The van der Waals surface area contributed by atoms with Crippen LogP contribution in [0.1, 0.15) is 29.9 Å². The van der Waals surface area contributed by atoms with E-state index < -0.39 is 12.1 Å². The summed E-state index contributed by atoms with van der Waals surface area (Å²) in [5.74, 6) is -1.56. The Bertz CT molecular complexity index is 684. The van der Waals surface area contributed by atoms with Gasteiger partial charge in [-0.2, -0.15) is 23.5 Å². The van der Waals surface area contributed by atoms with Crippen LogP contribution in [0.4, 0.5) is 13.2 Å². The van der Waals surface area contributed by atoms with Gasteiger partial charge >= 0.3 is 6.18 Å². The molecule has 19 heavy (non-hydrogen) atoms. The lowest BCUT2D eigenvalue weighted by Gasteiger charge is -2.15. The van der Waals surface area contributed by atoms with Crippen LogP contribution in [0.2, 0.25) is 5.02 Å². The first-order chi connectivity index (χ1) is 8.77.